The van der Waals surface area contributed by atoms with E-state index in [-0.39, 0.29) is 5.91 Å². The molecule has 0 aliphatic heterocycles. The normalized spacial score (nSPS) is 11.2. The van der Waals surface area contributed by atoms with Gasteiger partial charge in [-0.2, -0.15) is 5.10 Å². The molecule has 0 radical (unpaired) electrons. The minimum absolute atomic E-state index is 0.120. The van der Waals surface area contributed by atoms with Crippen molar-refractivity contribution in [2.24, 2.45) is 0 Å². The number of carbonyl (C=O) groups is 1. The number of aryl methyl sites for hydroxylation is 1. The molecule has 0 aliphatic rings. The number of anilines is 1. The maximum Gasteiger partial charge on any atom is 0.256 e. The molecule has 154 valence electrons. The van der Waals surface area contributed by atoms with Crippen molar-refractivity contribution in [1.29, 1.82) is 0 Å². The molecule has 3 aromatic rings. The lowest BCUT2D eigenvalue weighted by Gasteiger charge is -2.17. The topological polar surface area (TPSA) is 63.0 Å². The van der Waals surface area contributed by atoms with E-state index in [1.54, 1.807) is 29.3 Å². The van der Waals surface area contributed by atoms with Crippen LogP contribution in [0.1, 0.15) is 34.9 Å². The van der Waals surface area contributed by atoms with Crippen molar-refractivity contribution in [3.8, 4) is 0 Å². The molecule has 2 heterocycles. The number of thioether (sulfide) groups is 1. The minimum atomic E-state index is -0.120. The molecule has 0 spiro atoms. The number of rotatable bonds is 10. The Kier molecular flexibility index (Phi) is 7.85. The summed E-state index contributed by atoms with van der Waals surface area (Å²) in [5.74, 6) is 0.628. The van der Waals surface area contributed by atoms with Crippen LogP contribution in [0.5, 0.6) is 0 Å². The zero-order valence-corrected chi connectivity index (χ0v) is 18.7. The molecule has 0 aliphatic carbocycles. The summed E-state index contributed by atoms with van der Waals surface area (Å²) in [6.45, 7) is 10.1. The Morgan fingerprint density at radius 3 is 2.79 bits per heavy atom. The molecule has 1 aromatic carbocycles. The van der Waals surface area contributed by atoms with Gasteiger partial charge in [0.15, 0.2) is 0 Å². The van der Waals surface area contributed by atoms with Crippen LogP contribution in [-0.4, -0.2) is 45.2 Å². The van der Waals surface area contributed by atoms with Gasteiger partial charge in [0.2, 0.25) is 0 Å². The number of nitrogens with zero attached hydrogens (tertiary/aromatic N) is 4. The largest absolute Gasteiger partial charge is 0.319 e. The first-order valence-electron chi connectivity index (χ1n) is 9.78. The average molecular weight is 430 g/mol. The van der Waals surface area contributed by atoms with Gasteiger partial charge in [-0.25, -0.2) is 4.98 Å². The molecule has 0 bridgehead atoms. The maximum atomic E-state index is 12.8. The Morgan fingerprint density at radius 1 is 1.28 bits per heavy atom. The summed E-state index contributed by atoms with van der Waals surface area (Å²) in [6.07, 6.45) is 3.59. The number of benzene rings is 1. The lowest BCUT2D eigenvalue weighted by molar-refractivity contribution is 0.102. The fourth-order valence-corrected chi connectivity index (χ4v) is 4.60. The van der Waals surface area contributed by atoms with Gasteiger partial charge in [0.05, 0.1) is 34.7 Å². The second kappa shape index (κ2) is 10.6. The van der Waals surface area contributed by atoms with E-state index in [1.165, 1.54) is 0 Å². The zero-order chi connectivity index (χ0) is 20.6. The summed E-state index contributed by atoms with van der Waals surface area (Å²) in [7, 11) is 0. The van der Waals surface area contributed by atoms with Crippen LogP contribution in [0.15, 0.2) is 46.9 Å². The fourth-order valence-electron chi connectivity index (χ4n) is 2.94. The second-order valence-electron chi connectivity index (χ2n) is 6.62. The predicted molar refractivity (Wildman–Crippen MR) is 121 cm³/mol. The van der Waals surface area contributed by atoms with Gasteiger partial charge < -0.3 is 10.2 Å². The molecule has 1 amide bonds. The number of amides is 1. The molecule has 3 rings (SSSR count). The lowest BCUT2D eigenvalue weighted by Crippen LogP contribution is -2.27. The van der Waals surface area contributed by atoms with Crippen molar-refractivity contribution < 1.29 is 4.79 Å². The monoisotopic (exact) mass is 429 g/mol. The highest BCUT2D eigenvalue weighted by Crippen LogP contribution is 2.27. The summed E-state index contributed by atoms with van der Waals surface area (Å²) in [5.41, 5.74) is 2.42. The Bertz CT molecular complexity index is 933. The standard InChI is InChI=1S/C21H27N5OS2/c1-4-25(5-2)10-11-26-13-17(12-22-26)24-21(27)19-8-6-7-9-20(19)29-15-18-14-28-16(3)23-18/h6-9,12-14H,4-5,10-11,15H2,1-3H3,(H,24,27). The number of carbonyl (C=O) groups excluding carboxylic acids is 1. The molecular formula is C21H27N5OS2. The van der Waals surface area contributed by atoms with Gasteiger partial charge in [0.25, 0.3) is 5.91 Å². The van der Waals surface area contributed by atoms with Crippen LogP contribution in [0.25, 0.3) is 0 Å². The Labute approximate surface area is 180 Å². The van der Waals surface area contributed by atoms with E-state index in [0.29, 0.717) is 11.3 Å². The van der Waals surface area contributed by atoms with Crippen LogP contribution >= 0.6 is 23.1 Å². The predicted octanol–water partition coefficient (Wildman–Crippen LogP) is 4.53. The third-order valence-electron chi connectivity index (χ3n) is 4.60. The van der Waals surface area contributed by atoms with Crippen molar-refractivity contribution in [2.75, 3.05) is 25.0 Å². The minimum Gasteiger partial charge on any atom is -0.319 e. The summed E-state index contributed by atoms with van der Waals surface area (Å²) >= 11 is 3.28. The molecule has 6 nitrogen and oxygen atoms in total. The highest BCUT2D eigenvalue weighted by atomic mass is 32.2. The van der Waals surface area contributed by atoms with Gasteiger partial charge in [0.1, 0.15) is 0 Å². The van der Waals surface area contributed by atoms with Gasteiger partial charge in [0, 0.05) is 28.8 Å². The molecule has 8 heteroatoms. The van der Waals surface area contributed by atoms with E-state index in [0.717, 1.165) is 47.5 Å². The molecule has 0 atom stereocenters. The Morgan fingerprint density at radius 2 is 2.07 bits per heavy atom. The van der Waals surface area contributed by atoms with Crippen molar-refractivity contribution in [3.05, 3.63) is 58.3 Å². The molecule has 0 fully saturated rings. The van der Waals surface area contributed by atoms with Gasteiger partial charge in [-0.1, -0.05) is 26.0 Å². The van der Waals surface area contributed by atoms with E-state index in [9.17, 15) is 4.79 Å². The Hall–Kier alpha value is -2.16. The third kappa shape index (κ3) is 6.16. The van der Waals surface area contributed by atoms with Gasteiger partial charge in [-0.3, -0.25) is 9.48 Å². The van der Waals surface area contributed by atoms with Gasteiger partial charge in [-0.15, -0.1) is 23.1 Å². The first kappa shape index (κ1) is 21.5. The highest BCUT2D eigenvalue weighted by Gasteiger charge is 2.13. The SMILES string of the molecule is CCN(CC)CCn1cc(NC(=O)c2ccccc2SCc2csc(C)n2)cn1. The molecule has 0 saturated heterocycles. The van der Waals surface area contributed by atoms with Crippen molar-refractivity contribution in [2.45, 2.75) is 38.0 Å². The van der Waals surface area contributed by atoms with Crippen molar-refractivity contribution >= 4 is 34.7 Å². The van der Waals surface area contributed by atoms with Crippen molar-refractivity contribution in [1.82, 2.24) is 19.7 Å². The highest BCUT2D eigenvalue weighted by molar-refractivity contribution is 7.98. The van der Waals surface area contributed by atoms with Crippen LogP contribution in [0.3, 0.4) is 0 Å². The first-order chi connectivity index (χ1) is 14.1. The summed E-state index contributed by atoms with van der Waals surface area (Å²) in [6, 6.07) is 7.68. The Balaban J connectivity index is 1.61. The number of hydrogen-bond donors (Lipinski definition) is 1. The molecule has 2 aromatic heterocycles. The number of nitrogens with one attached hydrogen (secondary N) is 1. The smallest absolute Gasteiger partial charge is 0.256 e. The lowest BCUT2D eigenvalue weighted by atomic mass is 10.2. The van der Waals surface area contributed by atoms with Crippen LogP contribution in [0, 0.1) is 6.92 Å². The number of aromatic nitrogens is 3. The number of hydrogen-bond acceptors (Lipinski definition) is 6. The second-order valence-corrected chi connectivity index (χ2v) is 8.70. The van der Waals surface area contributed by atoms with Crippen LogP contribution in [0.2, 0.25) is 0 Å². The summed E-state index contributed by atoms with van der Waals surface area (Å²) < 4.78 is 1.87. The van der Waals surface area contributed by atoms with E-state index in [2.05, 4.69) is 39.5 Å². The maximum absolute atomic E-state index is 12.8. The molecular weight excluding hydrogens is 402 g/mol. The first-order valence-corrected chi connectivity index (χ1v) is 11.6. The van der Waals surface area contributed by atoms with E-state index in [1.807, 2.05) is 42.1 Å². The summed E-state index contributed by atoms with van der Waals surface area (Å²) in [5, 5.41) is 10.5. The van der Waals surface area contributed by atoms with E-state index >= 15 is 0 Å². The van der Waals surface area contributed by atoms with Crippen LogP contribution in [-0.2, 0) is 12.3 Å². The van der Waals surface area contributed by atoms with Crippen molar-refractivity contribution in [3.63, 3.8) is 0 Å². The molecule has 0 unspecified atom stereocenters. The summed E-state index contributed by atoms with van der Waals surface area (Å²) in [4.78, 5) is 20.6. The van der Waals surface area contributed by atoms with E-state index < -0.39 is 0 Å². The van der Waals surface area contributed by atoms with Gasteiger partial charge >= 0.3 is 0 Å². The molecule has 0 saturated carbocycles. The van der Waals surface area contributed by atoms with Crippen LogP contribution in [0.4, 0.5) is 5.69 Å². The van der Waals surface area contributed by atoms with E-state index in [4.69, 9.17) is 0 Å². The third-order valence-corrected chi connectivity index (χ3v) is 6.53. The van der Waals surface area contributed by atoms with Crippen LogP contribution < -0.4 is 5.32 Å². The number of thiazole rings is 1. The average Bonchev–Trinajstić information content (AvgIpc) is 3.36. The van der Waals surface area contributed by atoms with Gasteiger partial charge in [-0.05, 0) is 32.1 Å². The fraction of sp³-hybridized carbons (Fsp3) is 0.381. The molecule has 29 heavy (non-hydrogen) atoms. The molecule has 1 N–H and O–H groups in total. The quantitative estimate of drug-likeness (QED) is 0.480. The number of likely N-dealkylation sites (N-methyl/N-ethyl adjacent to an activating group) is 1. The zero-order valence-electron chi connectivity index (χ0n) is 17.1.